The molecule has 2 aromatic rings. The van der Waals surface area contributed by atoms with Gasteiger partial charge in [-0.05, 0) is 36.8 Å². The second-order valence-corrected chi connectivity index (χ2v) is 6.31. The van der Waals surface area contributed by atoms with Gasteiger partial charge in [0.2, 0.25) is 0 Å². The zero-order valence-corrected chi connectivity index (χ0v) is 13.6. The first-order chi connectivity index (χ1) is 11.7. The lowest BCUT2D eigenvalue weighted by atomic mass is 10.1. The number of rotatable bonds is 3. The fourth-order valence-corrected chi connectivity index (χ4v) is 3.22. The van der Waals surface area contributed by atoms with Crippen LogP contribution in [0.1, 0.15) is 23.0 Å². The molecule has 0 amide bonds. The number of hydrogen-bond acceptors (Lipinski definition) is 5. The molecule has 1 unspecified atom stereocenters. The van der Waals surface area contributed by atoms with E-state index in [0.717, 1.165) is 31.9 Å². The standard InChI is InChI=1S/C18H20FN5/c1-13-4-5-14(10-21-13)11-23-7-8-24-15(12-23)9-17(22-24)18-16(19)3-2-6-20-18/h2-6,9-10,17,22H,7-8,11-12H2,1H3. The third-order valence-electron chi connectivity index (χ3n) is 4.49. The molecule has 1 saturated heterocycles. The SMILES string of the molecule is Cc1ccc(CN2CCN3NC(c4ncccc4F)C=C3C2)cn1. The van der Waals surface area contributed by atoms with E-state index in [1.165, 1.54) is 17.3 Å². The van der Waals surface area contributed by atoms with Crippen LogP contribution in [0.25, 0.3) is 0 Å². The number of fused-ring (bicyclic) bond motifs is 1. The lowest BCUT2D eigenvalue weighted by molar-refractivity contribution is 0.139. The van der Waals surface area contributed by atoms with Gasteiger partial charge in [0, 0.05) is 50.0 Å². The Bertz CT molecular complexity index is 758. The Morgan fingerprint density at radius 1 is 1.25 bits per heavy atom. The van der Waals surface area contributed by atoms with Gasteiger partial charge in [0.05, 0.1) is 11.7 Å². The van der Waals surface area contributed by atoms with Crippen LogP contribution >= 0.6 is 0 Å². The van der Waals surface area contributed by atoms with Crippen molar-refractivity contribution >= 4 is 0 Å². The highest BCUT2D eigenvalue weighted by atomic mass is 19.1. The summed E-state index contributed by atoms with van der Waals surface area (Å²) in [5.41, 5.74) is 7.22. The van der Waals surface area contributed by atoms with E-state index in [2.05, 4.69) is 37.4 Å². The molecule has 2 aromatic heterocycles. The van der Waals surface area contributed by atoms with Crippen molar-refractivity contribution in [3.8, 4) is 0 Å². The number of nitrogens with zero attached hydrogens (tertiary/aromatic N) is 4. The first-order valence-corrected chi connectivity index (χ1v) is 8.18. The van der Waals surface area contributed by atoms with Gasteiger partial charge >= 0.3 is 0 Å². The summed E-state index contributed by atoms with van der Waals surface area (Å²) in [4.78, 5) is 10.9. The van der Waals surface area contributed by atoms with Crippen LogP contribution < -0.4 is 5.43 Å². The van der Waals surface area contributed by atoms with Gasteiger partial charge in [-0.1, -0.05) is 6.07 Å². The highest BCUT2D eigenvalue weighted by Gasteiger charge is 2.30. The number of hydrazine groups is 1. The normalized spacial score (nSPS) is 20.8. The fourth-order valence-electron chi connectivity index (χ4n) is 3.22. The molecule has 2 aliphatic heterocycles. The maximum Gasteiger partial charge on any atom is 0.146 e. The Morgan fingerprint density at radius 2 is 2.17 bits per heavy atom. The zero-order chi connectivity index (χ0) is 16.5. The quantitative estimate of drug-likeness (QED) is 0.937. The van der Waals surface area contributed by atoms with Crippen molar-refractivity contribution in [3.63, 3.8) is 0 Å². The van der Waals surface area contributed by atoms with Gasteiger partial charge in [-0.25, -0.2) is 9.82 Å². The summed E-state index contributed by atoms with van der Waals surface area (Å²) in [6.45, 7) is 5.53. The van der Waals surface area contributed by atoms with E-state index in [9.17, 15) is 4.39 Å². The molecular formula is C18H20FN5. The van der Waals surface area contributed by atoms with Crippen molar-refractivity contribution in [1.82, 2.24) is 25.3 Å². The average Bonchev–Trinajstić information content (AvgIpc) is 3.00. The van der Waals surface area contributed by atoms with Crippen LogP contribution in [-0.2, 0) is 6.54 Å². The van der Waals surface area contributed by atoms with Crippen LogP contribution in [0.4, 0.5) is 4.39 Å². The number of aryl methyl sites for hydroxylation is 1. The molecule has 4 heterocycles. The Hall–Kier alpha value is -2.31. The molecule has 5 nitrogen and oxygen atoms in total. The number of aromatic nitrogens is 2. The molecule has 2 aliphatic rings. The minimum Gasteiger partial charge on any atom is -0.309 e. The number of halogens is 1. The Morgan fingerprint density at radius 3 is 2.96 bits per heavy atom. The summed E-state index contributed by atoms with van der Waals surface area (Å²) in [7, 11) is 0. The van der Waals surface area contributed by atoms with Crippen LogP contribution in [0.5, 0.6) is 0 Å². The van der Waals surface area contributed by atoms with Crippen molar-refractivity contribution in [2.45, 2.75) is 19.5 Å². The van der Waals surface area contributed by atoms with Gasteiger partial charge in [-0.2, -0.15) is 0 Å². The summed E-state index contributed by atoms with van der Waals surface area (Å²) in [5, 5.41) is 2.11. The van der Waals surface area contributed by atoms with E-state index in [1.54, 1.807) is 12.3 Å². The molecule has 6 heteroatoms. The molecule has 0 aromatic carbocycles. The van der Waals surface area contributed by atoms with E-state index < -0.39 is 0 Å². The van der Waals surface area contributed by atoms with E-state index >= 15 is 0 Å². The average molecular weight is 325 g/mol. The molecule has 1 fully saturated rings. The number of nitrogens with one attached hydrogen (secondary N) is 1. The number of piperazine rings is 1. The van der Waals surface area contributed by atoms with E-state index in [-0.39, 0.29) is 11.9 Å². The van der Waals surface area contributed by atoms with Gasteiger partial charge in [-0.3, -0.25) is 14.9 Å². The molecular weight excluding hydrogens is 305 g/mol. The maximum atomic E-state index is 13.9. The van der Waals surface area contributed by atoms with Crippen LogP contribution in [0.15, 0.2) is 48.4 Å². The minimum atomic E-state index is -0.269. The van der Waals surface area contributed by atoms with Crippen LogP contribution in [0.2, 0.25) is 0 Å². The highest BCUT2D eigenvalue weighted by Crippen LogP contribution is 2.27. The minimum absolute atomic E-state index is 0.192. The Kier molecular flexibility index (Phi) is 4.00. The number of hydrogen-bond donors (Lipinski definition) is 1. The summed E-state index contributed by atoms with van der Waals surface area (Å²) < 4.78 is 13.9. The fraction of sp³-hybridized carbons (Fsp3) is 0.333. The molecule has 1 atom stereocenters. The van der Waals surface area contributed by atoms with Crippen molar-refractivity contribution < 1.29 is 4.39 Å². The first kappa shape index (κ1) is 15.2. The summed E-state index contributed by atoms with van der Waals surface area (Å²) in [6.07, 6.45) is 5.65. The third kappa shape index (κ3) is 3.02. The predicted molar refractivity (Wildman–Crippen MR) is 89.1 cm³/mol. The Labute approximate surface area is 140 Å². The molecule has 0 spiro atoms. The molecule has 1 N–H and O–H groups in total. The smallest absolute Gasteiger partial charge is 0.146 e. The molecule has 0 radical (unpaired) electrons. The van der Waals surface area contributed by atoms with E-state index in [1.807, 2.05) is 19.2 Å². The topological polar surface area (TPSA) is 44.3 Å². The van der Waals surface area contributed by atoms with Gasteiger partial charge in [-0.15, -0.1) is 0 Å². The van der Waals surface area contributed by atoms with Crippen LogP contribution in [0.3, 0.4) is 0 Å². The second kappa shape index (κ2) is 6.30. The molecule has 0 aliphatic carbocycles. The zero-order valence-electron chi connectivity index (χ0n) is 13.6. The van der Waals surface area contributed by atoms with Gasteiger partial charge in [0.15, 0.2) is 0 Å². The first-order valence-electron chi connectivity index (χ1n) is 8.18. The van der Waals surface area contributed by atoms with Gasteiger partial charge in [0.25, 0.3) is 0 Å². The monoisotopic (exact) mass is 325 g/mol. The van der Waals surface area contributed by atoms with Crippen LogP contribution in [0, 0.1) is 12.7 Å². The molecule has 4 rings (SSSR count). The second-order valence-electron chi connectivity index (χ2n) is 6.31. The number of pyridine rings is 2. The van der Waals surface area contributed by atoms with E-state index in [4.69, 9.17) is 0 Å². The molecule has 24 heavy (non-hydrogen) atoms. The van der Waals surface area contributed by atoms with Crippen molar-refractivity contribution in [2.24, 2.45) is 0 Å². The summed E-state index contributed by atoms with van der Waals surface area (Å²) in [6, 6.07) is 7.05. The lowest BCUT2D eigenvalue weighted by Crippen LogP contribution is -2.47. The summed E-state index contributed by atoms with van der Waals surface area (Å²) in [5.74, 6) is -0.269. The van der Waals surface area contributed by atoms with Crippen LogP contribution in [-0.4, -0.2) is 39.5 Å². The molecule has 0 saturated carbocycles. The Balaban J connectivity index is 1.46. The molecule has 0 bridgehead atoms. The van der Waals surface area contributed by atoms with Crippen molar-refractivity contribution in [3.05, 3.63) is 71.2 Å². The maximum absolute atomic E-state index is 13.9. The third-order valence-corrected chi connectivity index (χ3v) is 4.49. The predicted octanol–water partition coefficient (Wildman–Crippen LogP) is 2.19. The largest absolute Gasteiger partial charge is 0.309 e. The lowest BCUT2D eigenvalue weighted by Gasteiger charge is -2.35. The van der Waals surface area contributed by atoms with Gasteiger partial charge < -0.3 is 5.01 Å². The summed E-state index contributed by atoms with van der Waals surface area (Å²) >= 11 is 0. The molecule has 124 valence electrons. The highest BCUT2D eigenvalue weighted by molar-refractivity contribution is 5.24. The van der Waals surface area contributed by atoms with E-state index in [0.29, 0.717) is 5.69 Å². The van der Waals surface area contributed by atoms with Crippen molar-refractivity contribution in [1.29, 1.82) is 0 Å². The van der Waals surface area contributed by atoms with Gasteiger partial charge in [0.1, 0.15) is 5.82 Å². The van der Waals surface area contributed by atoms with Crippen molar-refractivity contribution in [2.75, 3.05) is 19.6 Å².